The average molecular weight is 352 g/mol. The van der Waals surface area contributed by atoms with Crippen molar-refractivity contribution in [3.8, 4) is 5.75 Å². The predicted octanol–water partition coefficient (Wildman–Crippen LogP) is 2.89. The zero-order chi connectivity index (χ0) is 13.9. The summed E-state index contributed by atoms with van der Waals surface area (Å²) in [6.07, 6.45) is 3.47. The third-order valence-electron chi connectivity index (χ3n) is 2.90. The van der Waals surface area contributed by atoms with Gasteiger partial charge in [-0.15, -0.1) is 0 Å². The predicted molar refractivity (Wildman–Crippen MR) is 88.6 cm³/mol. The van der Waals surface area contributed by atoms with Crippen LogP contribution in [0.2, 0.25) is 18.1 Å². The largest absolute Gasteiger partial charge is 0.508 e. The Labute approximate surface area is 145 Å². The first-order chi connectivity index (χ1) is 8.58. The maximum absolute atomic E-state index is 10.2. The smallest absolute Gasteiger partial charge is 0.188 e. The molecule has 0 aliphatic heterocycles. The van der Waals surface area contributed by atoms with Gasteiger partial charge in [0.1, 0.15) is 5.75 Å². The molecule has 0 aromatic heterocycles. The number of hydrogen-bond donors (Lipinski definition) is 2. The number of para-hydroxylation sites is 1. The zero-order valence-corrected chi connectivity index (χ0v) is 16.1. The van der Waals surface area contributed by atoms with E-state index in [-0.39, 0.29) is 32.7 Å². The summed E-state index contributed by atoms with van der Waals surface area (Å²) >= 11 is 0. The Balaban J connectivity index is -0.000000127. The Morgan fingerprint density at radius 1 is 0.810 bits per heavy atom. The molecule has 0 spiro atoms. The van der Waals surface area contributed by atoms with Gasteiger partial charge in [0.15, 0.2) is 8.32 Å². The first-order valence-electron chi connectivity index (χ1n) is 7.04. The molecule has 0 heterocycles. The molecule has 0 fully saturated rings. The van der Waals surface area contributed by atoms with Crippen molar-refractivity contribution in [2.45, 2.75) is 58.2 Å². The Morgan fingerprint density at radius 3 is 1.33 bits per heavy atom. The number of aromatic hydroxyl groups is 1. The molecule has 0 aliphatic carbocycles. The number of hydrogen-bond acceptors (Lipinski definition) is 2. The second kappa shape index (κ2) is 17.9. The molecule has 0 saturated carbocycles. The molecule has 124 valence electrons. The zero-order valence-electron chi connectivity index (χ0n) is 13.5. The molecule has 6 N–H and O–H groups in total. The van der Waals surface area contributed by atoms with Crippen LogP contribution in [0.15, 0.2) is 30.3 Å². The van der Waals surface area contributed by atoms with E-state index in [1.54, 1.807) is 24.3 Å². The minimum atomic E-state index is -1.75. The molecule has 0 saturated heterocycles. The van der Waals surface area contributed by atoms with Crippen LogP contribution in [0.25, 0.3) is 0 Å². The van der Waals surface area contributed by atoms with Crippen molar-refractivity contribution in [1.29, 1.82) is 0 Å². The maximum atomic E-state index is 10.2. The third-order valence-corrected chi connectivity index (χ3v) is 7.19. The van der Waals surface area contributed by atoms with E-state index < -0.39 is 8.32 Å². The van der Waals surface area contributed by atoms with E-state index in [9.17, 15) is 4.80 Å². The molecule has 6 heteroatoms. The number of phenolic OH excluding ortho intramolecular Hbond substituents is 1. The van der Waals surface area contributed by atoms with Gasteiger partial charge in [0.2, 0.25) is 0 Å². The van der Waals surface area contributed by atoms with Gasteiger partial charge in [-0.1, -0.05) is 58.2 Å². The van der Waals surface area contributed by atoms with Crippen LogP contribution in [-0.4, -0.2) is 29.2 Å². The Morgan fingerprint density at radius 2 is 1.14 bits per heavy atom. The first kappa shape index (κ1) is 28.9. The SMILES string of the molecule is CCC[Si](O)(CCC)CCC.O.O.Oc1ccccc1.[Ti]. The van der Waals surface area contributed by atoms with Crippen molar-refractivity contribution >= 4 is 8.32 Å². The van der Waals surface area contributed by atoms with Crippen molar-refractivity contribution in [2.24, 2.45) is 0 Å². The van der Waals surface area contributed by atoms with Gasteiger partial charge in [0.25, 0.3) is 0 Å². The third kappa shape index (κ3) is 16.0. The quantitative estimate of drug-likeness (QED) is 0.769. The topological polar surface area (TPSA) is 103 Å². The molecular weight excluding hydrogens is 320 g/mol. The Bertz CT molecular complexity index is 282. The van der Waals surface area contributed by atoms with Gasteiger partial charge in [-0.05, 0) is 30.3 Å². The molecule has 1 aromatic carbocycles. The van der Waals surface area contributed by atoms with Gasteiger partial charge in [-0.3, -0.25) is 0 Å². The fraction of sp³-hybridized carbons (Fsp3) is 0.600. The van der Waals surface area contributed by atoms with Crippen LogP contribution >= 0.6 is 0 Å². The molecule has 1 rings (SSSR count). The van der Waals surface area contributed by atoms with Gasteiger partial charge in [0, 0.05) is 21.7 Å². The van der Waals surface area contributed by atoms with Crippen LogP contribution in [0.4, 0.5) is 0 Å². The van der Waals surface area contributed by atoms with E-state index in [4.69, 9.17) is 5.11 Å². The molecule has 1 aromatic rings. The summed E-state index contributed by atoms with van der Waals surface area (Å²) in [6.45, 7) is 6.51. The van der Waals surface area contributed by atoms with Gasteiger partial charge >= 0.3 is 0 Å². The molecule has 0 unspecified atom stereocenters. The van der Waals surface area contributed by atoms with E-state index in [0.717, 1.165) is 37.4 Å². The molecule has 4 nitrogen and oxygen atoms in total. The van der Waals surface area contributed by atoms with Crippen molar-refractivity contribution < 1.29 is 42.6 Å². The van der Waals surface area contributed by atoms with Crippen LogP contribution in [0.1, 0.15) is 40.0 Å². The summed E-state index contributed by atoms with van der Waals surface area (Å²) in [5.74, 6) is 0.322. The van der Waals surface area contributed by atoms with Gasteiger partial charge in [-0.25, -0.2) is 0 Å². The van der Waals surface area contributed by atoms with Gasteiger partial charge < -0.3 is 20.9 Å². The molecular formula is C15H32O4SiTi. The van der Waals surface area contributed by atoms with E-state index in [1.165, 1.54) is 0 Å². The minimum absolute atomic E-state index is 0. The first-order valence-corrected chi connectivity index (χ1v) is 9.61. The van der Waals surface area contributed by atoms with Gasteiger partial charge in [-0.2, -0.15) is 0 Å². The van der Waals surface area contributed by atoms with E-state index >= 15 is 0 Å². The second-order valence-electron chi connectivity index (χ2n) is 4.81. The number of phenols is 1. The van der Waals surface area contributed by atoms with Crippen LogP contribution < -0.4 is 0 Å². The van der Waals surface area contributed by atoms with Crippen molar-refractivity contribution in [3.63, 3.8) is 0 Å². The normalized spacial score (nSPS) is 9.14. The molecule has 0 radical (unpaired) electrons. The summed E-state index contributed by atoms with van der Waals surface area (Å²) in [5, 5.41) is 8.63. The van der Waals surface area contributed by atoms with Crippen LogP contribution in [0.3, 0.4) is 0 Å². The number of benzene rings is 1. The molecule has 0 aliphatic rings. The summed E-state index contributed by atoms with van der Waals surface area (Å²) in [7, 11) is -1.75. The van der Waals surface area contributed by atoms with Crippen LogP contribution in [0, 0.1) is 0 Å². The van der Waals surface area contributed by atoms with E-state index in [2.05, 4.69) is 20.8 Å². The molecule has 0 atom stereocenters. The standard InChI is InChI=1S/C9H22OSi.C6H6O.2H2O.Ti/c1-4-7-11(10,8-5-2)9-6-3;7-6-4-2-1-3-5-6;;;/h10H,4-9H2,1-3H3;1-5,7H;2*1H2;. The second-order valence-corrected chi connectivity index (χ2v) is 8.76. The van der Waals surface area contributed by atoms with Gasteiger partial charge in [0.05, 0.1) is 0 Å². The summed E-state index contributed by atoms with van der Waals surface area (Å²) in [5.41, 5.74) is 0. The van der Waals surface area contributed by atoms with Crippen molar-refractivity contribution in [1.82, 2.24) is 0 Å². The fourth-order valence-corrected chi connectivity index (χ4v) is 5.74. The number of rotatable bonds is 6. The summed E-state index contributed by atoms with van der Waals surface area (Å²) in [4.78, 5) is 10.2. The summed E-state index contributed by atoms with van der Waals surface area (Å²) in [6, 6.07) is 12.0. The summed E-state index contributed by atoms with van der Waals surface area (Å²) < 4.78 is 0. The van der Waals surface area contributed by atoms with Crippen molar-refractivity contribution in [2.75, 3.05) is 0 Å². The molecule has 0 amide bonds. The maximum Gasteiger partial charge on any atom is 0.188 e. The Hall–Kier alpha value is -0.169. The van der Waals surface area contributed by atoms with Crippen LogP contribution in [0.5, 0.6) is 5.75 Å². The van der Waals surface area contributed by atoms with Crippen LogP contribution in [-0.2, 0) is 21.7 Å². The average Bonchev–Trinajstić information content (AvgIpc) is 2.31. The minimum Gasteiger partial charge on any atom is -0.508 e. The fourth-order valence-electron chi connectivity index (χ4n) is 2.20. The molecule has 21 heavy (non-hydrogen) atoms. The monoisotopic (exact) mass is 352 g/mol. The Kier molecular flexibility index (Phi) is 24.6. The van der Waals surface area contributed by atoms with E-state index in [1.807, 2.05) is 6.07 Å². The van der Waals surface area contributed by atoms with E-state index in [0.29, 0.717) is 5.75 Å². The molecule has 0 bridgehead atoms. The van der Waals surface area contributed by atoms with Crippen molar-refractivity contribution in [3.05, 3.63) is 30.3 Å².